The fraction of sp³-hybridized carbons (Fsp3) is 0.240. The van der Waals surface area contributed by atoms with Gasteiger partial charge < -0.3 is 15.2 Å². The van der Waals surface area contributed by atoms with Crippen LogP contribution in [0.15, 0.2) is 77.4 Å². The summed E-state index contributed by atoms with van der Waals surface area (Å²) in [6.07, 6.45) is 0.938. The maximum absolute atomic E-state index is 13.0. The van der Waals surface area contributed by atoms with Gasteiger partial charge in [0.1, 0.15) is 23.2 Å². The lowest BCUT2D eigenvalue weighted by Gasteiger charge is -2.37. The number of nitrogens with two attached hydrogens (primary N) is 1. The Labute approximate surface area is 180 Å². The molecule has 31 heavy (non-hydrogen) atoms. The Bertz CT molecular complexity index is 1150. The van der Waals surface area contributed by atoms with Crippen molar-refractivity contribution in [1.29, 1.82) is 5.26 Å². The predicted octanol–water partition coefficient (Wildman–Crippen LogP) is 4.36. The van der Waals surface area contributed by atoms with Crippen LogP contribution in [-0.4, -0.2) is 11.8 Å². The SMILES string of the molecule is CC1(C)CC(=O)C2=C(C1)OC(N)=C(C#N)[C@@H]2c1ccc(OC(=O)c2ccccc2)cc1. The third-order valence-corrected chi connectivity index (χ3v) is 5.51. The topological polar surface area (TPSA) is 102 Å². The maximum Gasteiger partial charge on any atom is 0.343 e. The summed E-state index contributed by atoms with van der Waals surface area (Å²) in [6, 6.07) is 17.6. The van der Waals surface area contributed by atoms with Crippen molar-refractivity contribution in [2.75, 3.05) is 0 Å². The summed E-state index contributed by atoms with van der Waals surface area (Å²) < 4.78 is 11.1. The first kappa shape index (κ1) is 20.4. The van der Waals surface area contributed by atoms with Gasteiger partial charge in [-0.3, -0.25) is 4.79 Å². The maximum atomic E-state index is 13.0. The molecule has 2 aromatic carbocycles. The highest BCUT2D eigenvalue weighted by Crippen LogP contribution is 2.47. The van der Waals surface area contributed by atoms with Crippen LogP contribution in [0.5, 0.6) is 5.75 Å². The third-order valence-electron chi connectivity index (χ3n) is 5.51. The molecule has 0 aromatic heterocycles. The average Bonchev–Trinajstić information content (AvgIpc) is 2.73. The van der Waals surface area contributed by atoms with Gasteiger partial charge in [-0.15, -0.1) is 0 Å². The summed E-state index contributed by atoms with van der Waals surface area (Å²) in [6.45, 7) is 4.01. The van der Waals surface area contributed by atoms with Crippen LogP contribution in [0.4, 0.5) is 0 Å². The van der Waals surface area contributed by atoms with Gasteiger partial charge in [-0.1, -0.05) is 44.2 Å². The summed E-state index contributed by atoms with van der Waals surface area (Å²) in [5.41, 5.74) is 7.66. The average molecular weight is 414 g/mol. The molecule has 6 nitrogen and oxygen atoms in total. The Balaban J connectivity index is 1.66. The van der Waals surface area contributed by atoms with Crippen LogP contribution >= 0.6 is 0 Å². The first-order valence-electron chi connectivity index (χ1n) is 10.00. The third kappa shape index (κ3) is 3.95. The molecular formula is C25H22N2O4. The van der Waals surface area contributed by atoms with E-state index in [9.17, 15) is 14.9 Å². The van der Waals surface area contributed by atoms with Crippen molar-refractivity contribution in [3.63, 3.8) is 0 Å². The molecule has 1 aliphatic carbocycles. The van der Waals surface area contributed by atoms with Gasteiger partial charge in [-0.05, 0) is 35.2 Å². The summed E-state index contributed by atoms with van der Waals surface area (Å²) in [7, 11) is 0. The summed E-state index contributed by atoms with van der Waals surface area (Å²) in [5, 5.41) is 9.70. The quantitative estimate of drug-likeness (QED) is 0.591. The number of rotatable bonds is 3. The highest BCUT2D eigenvalue weighted by atomic mass is 16.5. The number of hydrogen-bond donors (Lipinski definition) is 1. The van der Waals surface area contributed by atoms with Crippen molar-refractivity contribution in [3.05, 3.63) is 88.5 Å². The van der Waals surface area contributed by atoms with Crippen molar-refractivity contribution in [2.24, 2.45) is 11.1 Å². The number of esters is 1. The zero-order valence-electron chi connectivity index (χ0n) is 17.3. The van der Waals surface area contributed by atoms with Gasteiger partial charge in [0.15, 0.2) is 5.78 Å². The van der Waals surface area contributed by atoms with Crippen molar-refractivity contribution in [2.45, 2.75) is 32.6 Å². The minimum absolute atomic E-state index is 0.0244. The fourth-order valence-corrected chi connectivity index (χ4v) is 4.09. The normalized spacial score (nSPS) is 19.9. The van der Waals surface area contributed by atoms with Gasteiger partial charge in [0, 0.05) is 18.4 Å². The number of Topliss-reactive ketones (excluding diaryl/α,β-unsaturated/α-hetero) is 1. The molecule has 0 amide bonds. The van der Waals surface area contributed by atoms with E-state index in [1.54, 1.807) is 48.5 Å². The molecule has 0 unspecified atom stereocenters. The van der Waals surface area contributed by atoms with Gasteiger partial charge in [-0.2, -0.15) is 5.26 Å². The minimum atomic E-state index is -0.601. The van der Waals surface area contributed by atoms with E-state index in [2.05, 4.69) is 6.07 Å². The van der Waals surface area contributed by atoms with Crippen LogP contribution in [-0.2, 0) is 9.53 Å². The first-order chi connectivity index (χ1) is 14.8. The van der Waals surface area contributed by atoms with Crippen molar-refractivity contribution < 1.29 is 19.1 Å². The lowest BCUT2D eigenvalue weighted by molar-refractivity contribution is -0.119. The van der Waals surface area contributed by atoms with Crippen molar-refractivity contribution >= 4 is 11.8 Å². The molecule has 0 radical (unpaired) electrons. The highest BCUT2D eigenvalue weighted by molar-refractivity contribution is 6.00. The second-order valence-electron chi connectivity index (χ2n) is 8.53. The first-order valence-corrected chi connectivity index (χ1v) is 10.00. The molecule has 1 aliphatic heterocycles. The van der Waals surface area contributed by atoms with Crippen LogP contribution in [0.1, 0.15) is 48.5 Å². The molecule has 2 aromatic rings. The van der Waals surface area contributed by atoms with E-state index in [1.165, 1.54) is 0 Å². The number of nitriles is 1. The predicted molar refractivity (Wildman–Crippen MR) is 114 cm³/mol. The summed E-state index contributed by atoms with van der Waals surface area (Å²) >= 11 is 0. The molecule has 0 bridgehead atoms. The Morgan fingerprint density at radius 1 is 1.13 bits per heavy atom. The zero-order chi connectivity index (χ0) is 22.2. The van der Waals surface area contributed by atoms with Crippen molar-refractivity contribution in [1.82, 2.24) is 0 Å². The highest BCUT2D eigenvalue weighted by Gasteiger charge is 2.42. The molecule has 0 spiro atoms. The van der Waals surface area contributed by atoms with Crippen LogP contribution in [0, 0.1) is 16.7 Å². The number of hydrogen-bond acceptors (Lipinski definition) is 6. The Kier molecular flexibility index (Phi) is 5.12. The van der Waals surface area contributed by atoms with Crippen molar-refractivity contribution in [3.8, 4) is 11.8 Å². The Morgan fingerprint density at radius 3 is 2.45 bits per heavy atom. The molecular weight excluding hydrogens is 392 g/mol. The Morgan fingerprint density at radius 2 is 1.81 bits per heavy atom. The molecule has 1 atom stereocenters. The van der Waals surface area contributed by atoms with Gasteiger partial charge in [0.05, 0.1) is 11.5 Å². The number of ether oxygens (including phenoxy) is 2. The summed E-state index contributed by atoms with van der Waals surface area (Å²) in [4.78, 5) is 25.3. The zero-order valence-corrected chi connectivity index (χ0v) is 17.3. The molecule has 2 N–H and O–H groups in total. The number of benzene rings is 2. The monoisotopic (exact) mass is 414 g/mol. The lowest BCUT2D eigenvalue weighted by Crippen LogP contribution is -2.33. The van der Waals surface area contributed by atoms with E-state index >= 15 is 0 Å². The largest absolute Gasteiger partial charge is 0.444 e. The fourth-order valence-electron chi connectivity index (χ4n) is 4.09. The van der Waals surface area contributed by atoms with E-state index in [4.69, 9.17) is 15.2 Å². The number of nitrogens with zero attached hydrogens (tertiary/aromatic N) is 1. The van der Waals surface area contributed by atoms with Crippen LogP contribution in [0.2, 0.25) is 0 Å². The number of allylic oxidation sites excluding steroid dienone is 3. The molecule has 156 valence electrons. The van der Waals surface area contributed by atoms with E-state index in [0.717, 1.165) is 0 Å². The molecule has 0 saturated heterocycles. The number of carbonyl (C=O) groups is 2. The molecule has 4 rings (SSSR count). The van der Waals surface area contributed by atoms with Gasteiger partial charge in [0.2, 0.25) is 5.88 Å². The van der Waals surface area contributed by atoms with E-state index in [1.807, 2.05) is 19.9 Å². The van der Waals surface area contributed by atoms with Crippen LogP contribution < -0.4 is 10.5 Å². The number of ketones is 1. The van der Waals surface area contributed by atoms with Gasteiger partial charge in [-0.25, -0.2) is 4.79 Å². The smallest absolute Gasteiger partial charge is 0.343 e. The molecule has 2 aliphatic rings. The molecule has 1 heterocycles. The van der Waals surface area contributed by atoms with E-state index in [-0.39, 0.29) is 22.7 Å². The standard InChI is InChI=1S/C25H22N2O4/c1-25(2)12-19(28)22-20(13-25)31-23(27)18(14-26)21(22)15-8-10-17(11-9-15)30-24(29)16-6-4-3-5-7-16/h3-11,21H,12-13,27H2,1-2H3/t21-/m0/s1. The minimum Gasteiger partial charge on any atom is -0.444 e. The van der Waals surface area contributed by atoms with Gasteiger partial charge >= 0.3 is 5.97 Å². The number of carbonyl (C=O) groups excluding carboxylic acids is 2. The molecule has 0 fully saturated rings. The summed E-state index contributed by atoms with van der Waals surface area (Å²) in [5.74, 6) is -0.188. The molecule has 0 saturated carbocycles. The lowest BCUT2D eigenvalue weighted by atomic mass is 9.70. The van der Waals surface area contributed by atoms with Crippen LogP contribution in [0.25, 0.3) is 0 Å². The second kappa shape index (κ2) is 7.77. The van der Waals surface area contributed by atoms with E-state index in [0.29, 0.717) is 41.1 Å². The van der Waals surface area contributed by atoms with Crippen LogP contribution in [0.3, 0.4) is 0 Å². The van der Waals surface area contributed by atoms with E-state index < -0.39 is 11.9 Å². The Hall–Kier alpha value is -3.85. The van der Waals surface area contributed by atoms with Gasteiger partial charge in [0.25, 0.3) is 0 Å². The second-order valence-corrected chi connectivity index (χ2v) is 8.53. The molecule has 6 heteroatoms.